The first-order valence-electron chi connectivity index (χ1n) is 8.16. The predicted molar refractivity (Wildman–Crippen MR) is 101 cm³/mol. The van der Waals surface area contributed by atoms with Crippen molar-refractivity contribution in [1.29, 1.82) is 0 Å². The van der Waals surface area contributed by atoms with Gasteiger partial charge in [0.25, 0.3) is 0 Å². The van der Waals surface area contributed by atoms with Gasteiger partial charge in [-0.05, 0) is 43.0 Å². The van der Waals surface area contributed by atoms with E-state index in [1.54, 1.807) is 0 Å². The minimum atomic E-state index is -2.86. The smallest absolute Gasteiger partial charge is 0.204 e. The average molecular weight is 327 g/mol. The fourth-order valence-corrected chi connectivity index (χ4v) is 5.31. The maximum atomic E-state index is 13.9. The second kappa shape index (κ2) is 8.29. The first kappa shape index (κ1) is 17.7. The molecule has 2 aromatic carbocycles. The Morgan fingerprint density at radius 2 is 1.48 bits per heavy atom. The Morgan fingerprint density at radius 3 is 1.87 bits per heavy atom. The Kier molecular flexibility index (Phi) is 6.38. The summed E-state index contributed by atoms with van der Waals surface area (Å²) >= 11 is 0. The Bertz CT molecular complexity index is 608. The van der Waals surface area contributed by atoms with Crippen molar-refractivity contribution in [2.45, 2.75) is 32.7 Å². The highest BCUT2D eigenvalue weighted by Gasteiger charge is 2.29. The molecular formula is C20H26NOP. The Morgan fingerprint density at radius 1 is 1.00 bits per heavy atom. The van der Waals surface area contributed by atoms with Crippen molar-refractivity contribution in [2.24, 2.45) is 5.92 Å². The third-order valence-electron chi connectivity index (χ3n) is 3.81. The molecule has 2 rings (SSSR count). The first-order valence-corrected chi connectivity index (χ1v) is 9.87. The van der Waals surface area contributed by atoms with Crippen LogP contribution in [0.25, 0.3) is 0 Å². The van der Waals surface area contributed by atoms with E-state index in [9.17, 15) is 4.57 Å². The van der Waals surface area contributed by atoms with Gasteiger partial charge in [-0.15, -0.1) is 6.58 Å². The van der Waals surface area contributed by atoms with E-state index >= 15 is 0 Å². The molecule has 0 bridgehead atoms. The number of benzene rings is 2. The largest absolute Gasteiger partial charge is 0.297 e. The van der Waals surface area contributed by atoms with Crippen molar-refractivity contribution in [3.8, 4) is 0 Å². The predicted octanol–water partition coefficient (Wildman–Crippen LogP) is 4.50. The van der Waals surface area contributed by atoms with E-state index in [1.807, 2.05) is 66.7 Å². The molecule has 0 amide bonds. The van der Waals surface area contributed by atoms with Crippen LogP contribution in [0.5, 0.6) is 0 Å². The molecule has 2 nitrogen and oxygen atoms in total. The molecule has 0 aromatic heterocycles. The van der Waals surface area contributed by atoms with Gasteiger partial charge < -0.3 is 0 Å². The molecular weight excluding hydrogens is 301 g/mol. The lowest BCUT2D eigenvalue weighted by atomic mass is 10.0. The molecule has 0 aliphatic heterocycles. The molecule has 0 saturated carbocycles. The zero-order chi connectivity index (χ0) is 16.7. The Hall–Kier alpha value is -1.63. The van der Waals surface area contributed by atoms with Crippen LogP contribution in [0.3, 0.4) is 0 Å². The molecule has 0 aliphatic rings. The molecule has 1 N–H and O–H groups in total. The summed E-state index contributed by atoms with van der Waals surface area (Å²) in [6.45, 7) is 8.23. The summed E-state index contributed by atoms with van der Waals surface area (Å²) < 4.78 is 13.9. The van der Waals surface area contributed by atoms with E-state index in [0.717, 1.165) is 23.5 Å². The summed E-state index contributed by atoms with van der Waals surface area (Å²) in [7, 11) is -2.86. The average Bonchev–Trinajstić information content (AvgIpc) is 2.56. The number of rotatable bonds is 8. The quantitative estimate of drug-likeness (QED) is 0.571. The molecule has 3 heteroatoms. The third-order valence-corrected chi connectivity index (χ3v) is 6.59. The fourth-order valence-electron chi connectivity index (χ4n) is 2.80. The van der Waals surface area contributed by atoms with E-state index in [-0.39, 0.29) is 6.04 Å². The second-order valence-electron chi connectivity index (χ2n) is 6.26. The molecule has 0 aliphatic carbocycles. The van der Waals surface area contributed by atoms with Gasteiger partial charge in [-0.3, -0.25) is 9.65 Å². The zero-order valence-corrected chi connectivity index (χ0v) is 14.9. The van der Waals surface area contributed by atoms with Crippen molar-refractivity contribution in [2.75, 3.05) is 0 Å². The molecule has 0 spiro atoms. The highest BCUT2D eigenvalue weighted by Crippen LogP contribution is 2.40. The zero-order valence-electron chi connectivity index (χ0n) is 14.0. The Labute approximate surface area is 140 Å². The molecule has 0 unspecified atom stereocenters. The van der Waals surface area contributed by atoms with Crippen LogP contribution in [0.15, 0.2) is 73.3 Å². The third kappa shape index (κ3) is 4.67. The van der Waals surface area contributed by atoms with Gasteiger partial charge in [0, 0.05) is 16.7 Å². The monoisotopic (exact) mass is 327 g/mol. The highest BCUT2D eigenvalue weighted by molar-refractivity contribution is 7.76. The van der Waals surface area contributed by atoms with E-state index in [0.29, 0.717) is 5.92 Å². The van der Waals surface area contributed by atoms with Crippen molar-refractivity contribution in [1.82, 2.24) is 5.09 Å². The van der Waals surface area contributed by atoms with Crippen LogP contribution in [-0.2, 0) is 4.57 Å². The first-order chi connectivity index (χ1) is 11.1. The van der Waals surface area contributed by atoms with Gasteiger partial charge in [0.1, 0.15) is 0 Å². The summed E-state index contributed by atoms with van der Waals surface area (Å²) in [6, 6.07) is 19.6. The molecule has 0 radical (unpaired) electrons. The van der Waals surface area contributed by atoms with Gasteiger partial charge in [0.15, 0.2) is 0 Å². The van der Waals surface area contributed by atoms with Crippen LogP contribution in [0.2, 0.25) is 0 Å². The lowest BCUT2D eigenvalue weighted by Crippen LogP contribution is -2.35. The molecule has 0 fully saturated rings. The molecule has 0 saturated heterocycles. The minimum absolute atomic E-state index is 0.152. The molecule has 0 heterocycles. The van der Waals surface area contributed by atoms with Crippen LogP contribution < -0.4 is 15.7 Å². The van der Waals surface area contributed by atoms with Crippen molar-refractivity contribution in [3.05, 3.63) is 73.3 Å². The molecule has 2 aromatic rings. The van der Waals surface area contributed by atoms with Crippen molar-refractivity contribution >= 4 is 17.9 Å². The lowest BCUT2D eigenvalue weighted by molar-refractivity contribution is 0.466. The van der Waals surface area contributed by atoms with Gasteiger partial charge >= 0.3 is 0 Å². The molecule has 23 heavy (non-hydrogen) atoms. The SMILES string of the molecule is C=CC[C@H](CC(C)C)NP(=O)(c1ccccc1)c1ccccc1. The second-order valence-corrected chi connectivity index (χ2v) is 8.77. The van der Waals surface area contributed by atoms with Crippen LogP contribution in [0, 0.1) is 5.92 Å². The normalized spacial score (nSPS) is 13.0. The van der Waals surface area contributed by atoms with Crippen LogP contribution in [0.1, 0.15) is 26.7 Å². The molecule has 1 atom stereocenters. The summed E-state index contributed by atoms with van der Waals surface area (Å²) in [6.07, 6.45) is 3.68. The van der Waals surface area contributed by atoms with Crippen LogP contribution >= 0.6 is 7.29 Å². The summed E-state index contributed by atoms with van der Waals surface area (Å²) in [4.78, 5) is 0. The van der Waals surface area contributed by atoms with Crippen molar-refractivity contribution < 1.29 is 4.57 Å². The topological polar surface area (TPSA) is 29.1 Å². The van der Waals surface area contributed by atoms with Gasteiger partial charge in [-0.1, -0.05) is 56.3 Å². The number of hydrogen-bond acceptors (Lipinski definition) is 1. The summed E-state index contributed by atoms with van der Waals surface area (Å²) in [5, 5.41) is 5.18. The van der Waals surface area contributed by atoms with Crippen LogP contribution in [0.4, 0.5) is 0 Å². The maximum absolute atomic E-state index is 13.9. The van der Waals surface area contributed by atoms with Gasteiger partial charge in [-0.25, -0.2) is 0 Å². The maximum Gasteiger partial charge on any atom is 0.204 e. The highest BCUT2D eigenvalue weighted by atomic mass is 31.2. The van der Waals surface area contributed by atoms with E-state index < -0.39 is 7.29 Å². The van der Waals surface area contributed by atoms with Crippen molar-refractivity contribution in [3.63, 3.8) is 0 Å². The van der Waals surface area contributed by atoms with E-state index in [4.69, 9.17) is 0 Å². The Balaban J connectivity index is 2.42. The van der Waals surface area contributed by atoms with Crippen LogP contribution in [-0.4, -0.2) is 6.04 Å². The van der Waals surface area contributed by atoms with E-state index in [1.165, 1.54) is 0 Å². The van der Waals surface area contributed by atoms with Gasteiger partial charge in [0.05, 0.1) is 0 Å². The standard InChI is InChI=1S/C20H26NOP/c1-4-11-18(16-17(2)3)21-23(22,19-12-7-5-8-13-19)20-14-9-6-10-15-20/h4-10,12-15,17-18H,1,11,16H2,2-3H3,(H,21,22)/t18-/m1/s1. The van der Waals surface area contributed by atoms with Gasteiger partial charge in [0.2, 0.25) is 7.29 Å². The number of nitrogens with one attached hydrogen (secondary N) is 1. The summed E-state index contributed by atoms with van der Waals surface area (Å²) in [5.74, 6) is 0.535. The lowest BCUT2D eigenvalue weighted by Gasteiger charge is -2.27. The summed E-state index contributed by atoms with van der Waals surface area (Å²) in [5.41, 5.74) is 0. The fraction of sp³-hybridized carbons (Fsp3) is 0.300. The van der Waals surface area contributed by atoms with Gasteiger partial charge in [-0.2, -0.15) is 0 Å². The van der Waals surface area contributed by atoms with E-state index in [2.05, 4.69) is 25.5 Å². The number of hydrogen-bond donors (Lipinski definition) is 1. The molecule has 122 valence electrons. The minimum Gasteiger partial charge on any atom is -0.297 e.